The van der Waals surface area contributed by atoms with E-state index >= 15 is 0 Å². The van der Waals surface area contributed by atoms with Gasteiger partial charge in [-0.25, -0.2) is 4.98 Å². The fourth-order valence-electron chi connectivity index (χ4n) is 3.98. The number of nitrogen functional groups attached to an aromatic ring is 1. The summed E-state index contributed by atoms with van der Waals surface area (Å²) in [6, 6.07) is 8.85. The van der Waals surface area contributed by atoms with Crippen molar-refractivity contribution >= 4 is 91.4 Å². The van der Waals surface area contributed by atoms with Gasteiger partial charge in [0, 0.05) is 6.20 Å². The highest BCUT2D eigenvalue weighted by Gasteiger charge is 2.58. The molecule has 1 fully saturated rings. The third-order valence-corrected chi connectivity index (χ3v) is 5.99. The molecule has 1 aromatic carbocycles. The van der Waals surface area contributed by atoms with Crippen LogP contribution >= 0.6 is 0 Å². The Morgan fingerprint density at radius 1 is 0.914 bits per heavy atom. The quantitative estimate of drug-likeness (QED) is 0.367. The molecule has 3 aromatic heterocycles. The number of ether oxygens (including phenoxy) is 1. The van der Waals surface area contributed by atoms with E-state index < -0.39 is 27.4 Å². The minimum absolute atomic E-state index is 0.0392. The highest BCUT2D eigenvalue weighted by molar-refractivity contribution is 6.60. The molecule has 5 rings (SSSR count). The third kappa shape index (κ3) is 3.40. The van der Waals surface area contributed by atoms with Gasteiger partial charge >= 0.3 is 0 Å². The molecule has 35 heavy (non-hydrogen) atoms. The number of amides is 1. The summed E-state index contributed by atoms with van der Waals surface area (Å²) in [4.78, 5) is 22.7. The van der Waals surface area contributed by atoms with Gasteiger partial charge in [-0.3, -0.25) is 9.20 Å². The number of imidazole rings is 1. The van der Waals surface area contributed by atoms with Gasteiger partial charge in [-0.2, -0.15) is 4.98 Å². The molecule has 152 valence electrons. The first-order valence-electron chi connectivity index (χ1n) is 10.2. The van der Waals surface area contributed by atoms with E-state index in [0.29, 0.717) is 27.2 Å². The molecule has 4 aromatic rings. The molecule has 8 nitrogen and oxygen atoms in total. The van der Waals surface area contributed by atoms with Gasteiger partial charge in [0.2, 0.25) is 0 Å². The van der Waals surface area contributed by atoms with Crippen LogP contribution < -0.4 is 5.73 Å². The molecule has 0 atom stereocenters. The first-order valence-corrected chi connectivity index (χ1v) is 10.2. The molecule has 16 heteroatoms. The van der Waals surface area contributed by atoms with Crippen LogP contribution in [0.3, 0.4) is 0 Å². The van der Waals surface area contributed by atoms with E-state index in [-0.39, 0.29) is 11.7 Å². The second-order valence-corrected chi connectivity index (χ2v) is 8.50. The maximum atomic E-state index is 13.7. The molecule has 0 unspecified atom stereocenters. The van der Waals surface area contributed by atoms with Crippen molar-refractivity contribution in [1.82, 2.24) is 19.3 Å². The van der Waals surface area contributed by atoms with Crippen molar-refractivity contribution in [1.29, 1.82) is 0 Å². The summed E-state index contributed by atoms with van der Waals surface area (Å²) in [7, 11) is 48.0. The van der Waals surface area contributed by atoms with E-state index in [9.17, 15) is 4.79 Å². The summed E-state index contributed by atoms with van der Waals surface area (Å²) in [6.07, 6.45) is 2.92. The maximum absolute atomic E-state index is 13.7. The average molecular weight is 442 g/mol. The average Bonchev–Trinajstić information content (AvgIpc) is 3.32. The molecule has 0 bridgehead atoms. The van der Waals surface area contributed by atoms with Crippen LogP contribution in [0, 0.1) is 0 Å². The number of hydrogen-bond donors (Lipinski definition) is 1. The van der Waals surface area contributed by atoms with Crippen molar-refractivity contribution in [2.45, 2.75) is 21.5 Å². The van der Waals surface area contributed by atoms with E-state index in [1.165, 1.54) is 10.6 Å². The number of nitrogens with two attached hydrogens (primary N) is 1. The van der Waals surface area contributed by atoms with Gasteiger partial charge in [0.05, 0.1) is 37.6 Å². The lowest BCUT2D eigenvalue weighted by molar-refractivity contribution is -0.0966. The molecule has 1 aliphatic rings. The van der Waals surface area contributed by atoms with E-state index in [1.54, 1.807) is 36.5 Å². The van der Waals surface area contributed by atoms with Crippen LogP contribution in [-0.2, 0) is 4.74 Å². The number of aromatic nitrogens is 3. The zero-order chi connectivity index (χ0) is 25.6. The summed E-state index contributed by atoms with van der Waals surface area (Å²) in [5, 5.41) is -9.71. The lowest BCUT2D eigenvalue weighted by Crippen LogP contribution is -2.86. The number of fused-ring (bicyclic) bond motifs is 2. The summed E-state index contributed by atoms with van der Waals surface area (Å²) < 4.78 is 11.9. The van der Waals surface area contributed by atoms with Gasteiger partial charge in [-0.1, -0.05) is 6.07 Å². The normalized spacial score (nSPS) is 20.2. The van der Waals surface area contributed by atoms with Crippen LogP contribution in [-0.4, -0.2) is 109 Å². The zero-order valence-electron chi connectivity index (χ0n) is 18.3. The van der Waals surface area contributed by atoms with Crippen LogP contribution in [0.1, 0.15) is 10.5 Å². The molecule has 4 heterocycles. The highest BCUT2D eigenvalue weighted by Crippen LogP contribution is 2.41. The molecular weight excluding hydrogens is 433 g/mol. The predicted molar refractivity (Wildman–Crippen MR) is 137 cm³/mol. The summed E-state index contributed by atoms with van der Waals surface area (Å²) in [6.45, 7) is 0. The van der Waals surface area contributed by atoms with Gasteiger partial charge in [0.25, 0.3) is 11.9 Å². The molecule has 0 aliphatic carbocycles. The Bertz CT molecular complexity index is 1470. The fourth-order valence-corrected chi connectivity index (χ4v) is 3.98. The van der Waals surface area contributed by atoms with Gasteiger partial charge in [-0.15, -0.1) is 0 Å². The largest absolute Gasteiger partial charge is 0.424 e. The fraction of sp³-hybridized carbons (Fsp3) is 0.211. The van der Waals surface area contributed by atoms with Gasteiger partial charge in [0.1, 0.15) is 48.2 Å². The topological polar surface area (TPSA) is 98.9 Å². The number of benzene rings is 1. The number of morpholine rings is 1. The number of anilines is 1. The number of oxazole rings is 1. The Balaban J connectivity index is 1.63. The molecule has 1 aliphatic heterocycles. The maximum Gasteiger partial charge on any atom is 0.292 e. The second kappa shape index (κ2) is 7.32. The van der Waals surface area contributed by atoms with Gasteiger partial charge < -0.3 is 19.8 Å². The van der Waals surface area contributed by atoms with Gasteiger partial charge in [0.15, 0.2) is 5.58 Å². The molecule has 2 N–H and O–H groups in total. The number of pyridine rings is 1. The lowest BCUT2D eigenvalue weighted by atomic mass is 9.30. The van der Waals surface area contributed by atoms with E-state index in [1.807, 2.05) is 0 Å². The van der Waals surface area contributed by atoms with Gasteiger partial charge in [-0.05, 0) is 56.9 Å². The van der Waals surface area contributed by atoms with Crippen molar-refractivity contribution in [3.8, 4) is 11.1 Å². The van der Waals surface area contributed by atoms with E-state index in [4.69, 9.17) is 77.7 Å². The van der Waals surface area contributed by atoms with Crippen LogP contribution in [0.4, 0.5) is 6.01 Å². The Kier molecular flexibility index (Phi) is 4.99. The molecular formula is C19H9B8N5O3. The van der Waals surface area contributed by atoms with Crippen LogP contribution in [0.25, 0.3) is 27.9 Å². The number of carbonyl (C=O) groups is 1. The summed E-state index contributed by atoms with van der Waals surface area (Å²) >= 11 is 0. The summed E-state index contributed by atoms with van der Waals surface area (Å²) in [5.74, 6) is -0.909. The van der Waals surface area contributed by atoms with Crippen molar-refractivity contribution in [2.24, 2.45) is 0 Å². The van der Waals surface area contributed by atoms with Crippen molar-refractivity contribution in [2.75, 3.05) is 5.73 Å². The number of nitrogens with zero attached hydrogens (tertiary/aromatic N) is 4. The minimum atomic E-state index is -2.44. The molecule has 0 spiro atoms. The van der Waals surface area contributed by atoms with Crippen molar-refractivity contribution < 1.29 is 13.9 Å². The Morgan fingerprint density at radius 3 is 2.20 bits per heavy atom. The van der Waals surface area contributed by atoms with Crippen LogP contribution in [0.5, 0.6) is 0 Å². The number of rotatable bonds is 2. The molecule has 0 saturated carbocycles. The second-order valence-electron chi connectivity index (χ2n) is 8.50. The standard InChI is InChI=1S/C19H9B8N5O3/c20-16(21)18(24,25)35-19(26,27)17(22,23)32(16)14(33)11-6-29-13-4-2-9(7-31(11)13)8-1-3-12-10(5-8)30-15(28)34-12/h1-7H,(H2,28,30). The lowest BCUT2D eigenvalue weighted by Gasteiger charge is -2.69. The van der Waals surface area contributed by atoms with E-state index in [0.717, 1.165) is 5.56 Å². The highest BCUT2D eigenvalue weighted by atomic mass is 16.5. The Labute approximate surface area is 211 Å². The van der Waals surface area contributed by atoms with Crippen LogP contribution in [0.2, 0.25) is 0 Å². The SMILES string of the molecule is [B]C1([B])OC([B])([B])C([B])([B])N(C(=O)c2cnc3ccc(-c4ccc5oc(N)nc5c4)cn23)C1([B])[B]. The minimum Gasteiger partial charge on any atom is -0.424 e. The zero-order valence-corrected chi connectivity index (χ0v) is 18.3. The molecule has 1 amide bonds. The van der Waals surface area contributed by atoms with Crippen molar-refractivity contribution in [3.05, 3.63) is 48.4 Å². The monoisotopic (exact) mass is 443 g/mol. The molecule has 16 radical (unpaired) electrons. The third-order valence-electron chi connectivity index (χ3n) is 5.99. The predicted octanol–water partition coefficient (Wildman–Crippen LogP) is -1.84. The van der Waals surface area contributed by atoms with Crippen molar-refractivity contribution in [3.63, 3.8) is 0 Å². The first-order chi connectivity index (χ1) is 16.2. The Morgan fingerprint density at radius 2 is 1.54 bits per heavy atom. The van der Waals surface area contributed by atoms with E-state index in [2.05, 4.69) is 9.97 Å². The smallest absolute Gasteiger partial charge is 0.292 e. The molecule has 1 saturated heterocycles. The number of carbonyl (C=O) groups excluding carboxylic acids is 1. The number of hydrogen-bond acceptors (Lipinski definition) is 6. The Hall–Kier alpha value is -2.87. The van der Waals surface area contributed by atoms with Crippen LogP contribution in [0.15, 0.2) is 47.1 Å². The summed E-state index contributed by atoms with van der Waals surface area (Å²) in [5.41, 5.74) is 8.55. The first kappa shape index (κ1) is 23.9.